The van der Waals surface area contributed by atoms with E-state index in [4.69, 9.17) is 37.7 Å². The van der Waals surface area contributed by atoms with E-state index in [0.29, 0.717) is 29.7 Å². The zero-order valence-electron chi connectivity index (χ0n) is 16.8. The maximum atomic E-state index is 6.12. The summed E-state index contributed by atoms with van der Waals surface area (Å²) in [5, 5.41) is 9.17. The van der Waals surface area contributed by atoms with Crippen molar-refractivity contribution < 1.29 is 9.47 Å². The van der Waals surface area contributed by atoms with Crippen LogP contribution in [0.1, 0.15) is 18.9 Å². The highest BCUT2D eigenvalue weighted by molar-refractivity contribution is 6.42. The van der Waals surface area contributed by atoms with Crippen LogP contribution in [0, 0.1) is 0 Å². The molecule has 5 nitrogen and oxygen atoms in total. The minimum absolute atomic E-state index is 0.0524. The third-order valence-electron chi connectivity index (χ3n) is 5.22. The van der Waals surface area contributed by atoms with Crippen molar-refractivity contribution >= 4 is 39.9 Å². The van der Waals surface area contributed by atoms with Crippen molar-refractivity contribution in [2.75, 3.05) is 25.1 Å². The summed E-state index contributed by atoms with van der Waals surface area (Å²) in [5.74, 6) is 1.63. The predicted octanol–water partition coefficient (Wildman–Crippen LogP) is 5.30. The quantitative estimate of drug-likeness (QED) is 0.492. The molecule has 0 radical (unpaired) electrons. The van der Waals surface area contributed by atoms with Crippen molar-refractivity contribution in [3.8, 4) is 5.75 Å². The Balaban J connectivity index is 1.39. The van der Waals surface area contributed by atoms with Crippen LogP contribution in [0.2, 0.25) is 10.0 Å². The van der Waals surface area contributed by atoms with E-state index in [1.165, 1.54) is 0 Å². The molecule has 1 fully saturated rings. The van der Waals surface area contributed by atoms with Gasteiger partial charge in [0.2, 0.25) is 0 Å². The molecule has 30 heavy (non-hydrogen) atoms. The minimum Gasteiger partial charge on any atom is -0.493 e. The summed E-state index contributed by atoms with van der Waals surface area (Å²) in [6.45, 7) is 4.71. The predicted molar refractivity (Wildman–Crippen MR) is 123 cm³/mol. The van der Waals surface area contributed by atoms with Gasteiger partial charge in [-0.2, -0.15) is 0 Å². The van der Waals surface area contributed by atoms with Crippen molar-refractivity contribution in [3.63, 3.8) is 0 Å². The van der Waals surface area contributed by atoms with E-state index in [9.17, 15) is 0 Å². The van der Waals surface area contributed by atoms with Crippen LogP contribution < -0.4 is 15.4 Å². The Labute approximate surface area is 186 Å². The van der Waals surface area contributed by atoms with Crippen LogP contribution in [0.3, 0.4) is 0 Å². The van der Waals surface area contributed by atoms with Crippen molar-refractivity contribution in [2.24, 2.45) is 0 Å². The molecule has 1 aromatic heterocycles. The topological polar surface area (TPSA) is 55.4 Å². The number of pyridine rings is 1. The second-order valence-corrected chi connectivity index (χ2v) is 8.08. The van der Waals surface area contributed by atoms with Gasteiger partial charge in [0.25, 0.3) is 0 Å². The molecule has 7 heteroatoms. The number of nitrogens with one attached hydrogen (secondary N) is 2. The molecule has 0 saturated carbocycles. The molecule has 2 atom stereocenters. The van der Waals surface area contributed by atoms with E-state index >= 15 is 0 Å². The highest BCUT2D eigenvalue weighted by Crippen LogP contribution is 2.28. The molecular formula is C23H25Cl2N3O2. The van der Waals surface area contributed by atoms with Crippen molar-refractivity contribution in [2.45, 2.75) is 32.0 Å². The first-order chi connectivity index (χ1) is 14.6. The summed E-state index contributed by atoms with van der Waals surface area (Å²) in [6.07, 6.45) is 1.01. The monoisotopic (exact) mass is 445 g/mol. The lowest BCUT2D eigenvalue weighted by atomic mass is 10.1. The zero-order valence-corrected chi connectivity index (χ0v) is 18.3. The van der Waals surface area contributed by atoms with Crippen LogP contribution in [-0.4, -0.2) is 36.9 Å². The van der Waals surface area contributed by atoms with E-state index in [-0.39, 0.29) is 12.1 Å². The summed E-state index contributed by atoms with van der Waals surface area (Å²) in [6, 6.07) is 15.9. The summed E-state index contributed by atoms with van der Waals surface area (Å²) >= 11 is 12.1. The zero-order chi connectivity index (χ0) is 20.9. The van der Waals surface area contributed by atoms with E-state index < -0.39 is 0 Å². The van der Waals surface area contributed by atoms with Crippen molar-refractivity contribution in [1.82, 2.24) is 10.3 Å². The number of anilines is 1. The number of nitrogens with zero attached hydrogens (tertiary/aromatic N) is 1. The normalized spacial score (nSPS) is 18.6. The largest absolute Gasteiger partial charge is 0.493 e. The van der Waals surface area contributed by atoms with Gasteiger partial charge in [-0.05, 0) is 43.2 Å². The molecule has 0 bridgehead atoms. The van der Waals surface area contributed by atoms with Gasteiger partial charge in [-0.15, -0.1) is 0 Å². The van der Waals surface area contributed by atoms with Crippen LogP contribution in [0.5, 0.6) is 5.75 Å². The third-order valence-corrected chi connectivity index (χ3v) is 5.96. The molecule has 3 aromatic rings. The standard InChI is InChI=1S/C23H25Cl2N3O2/c1-2-29-21-12-23(28-19-6-4-3-5-16(19)21)27-14-22-20(9-10-30-22)26-13-15-7-8-17(24)18(25)11-15/h3-8,11-12,20,22,26H,2,9-10,13-14H2,1H3,(H,27,28)/t20-,22+/m0/s1. The molecule has 0 unspecified atom stereocenters. The van der Waals surface area contributed by atoms with E-state index in [1.54, 1.807) is 0 Å². The Kier molecular flexibility index (Phi) is 6.95. The number of hydrogen-bond donors (Lipinski definition) is 2. The number of rotatable bonds is 8. The van der Waals surface area contributed by atoms with Gasteiger partial charge in [-0.1, -0.05) is 41.4 Å². The molecule has 2 N–H and O–H groups in total. The summed E-state index contributed by atoms with van der Waals surface area (Å²) in [4.78, 5) is 4.72. The minimum atomic E-state index is 0.0524. The van der Waals surface area contributed by atoms with Crippen molar-refractivity contribution in [3.05, 3.63) is 64.1 Å². The van der Waals surface area contributed by atoms with Gasteiger partial charge in [0, 0.05) is 37.2 Å². The second kappa shape index (κ2) is 9.84. The first kappa shape index (κ1) is 21.2. The molecular weight excluding hydrogens is 421 g/mol. The van der Waals surface area contributed by atoms with Gasteiger partial charge >= 0.3 is 0 Å². The molecule has 2 aromatic carbocycles. The number of para-hydroxylation sites is 1. The molecule has 1 aliphatic rings. The van der Waals surface area contributed by atoms with Gasteiger partial charge in [0.15, 0.2) is 0 Å². The smallest absolute Gasteiger partial charge is 0.132 e. The summed E-state index contributed by atoms with van der Waals surface area (Å²) < 4.78 is 11.8. The number of benzene rings is 2. The van der Waals surface area contributed by atoms with E-state index in [0.717, 1.165) is 41.1 Å². The first-order valence-electron chi connectivity index (χ1n) is 10.2. The Hall–Kier alpha value is -2.05. The number of ether oxygens (including phenoxy) is 2. The first-order valence-corrected chi connectivity index (χ1v) is 10.9. The Morgan fingerprint density at radius 2 is 2.00 bits per heavy atom. The average molecular weight is 446 g/mol. The van der Waals surface area contributed by atoms with Gasteiger partial charge < -0.3 is 20.1 Å². The highest BCUT2D eigenvalue weighted by Gasteiger charge is 2.27. The molecule has 1 saturated heterocycles. The number of aromatic nitrogens is 1. The maximum Gasteiger partial charge on any atom is 0.132 e. The Morgan fingerprint density at radius 3 is 2.83 bits per heavy atom. The number of halogens is 2. The molecule has 1 aliphatic heterocycles. The van der Waals surface area contributed by atoms with Crippen LogP contribution in [0.25, 0.3) is 10.9 Å². The highest BCUT2D eigenvalue weighted by atomic mass is 35.5. The fourth-order valence-corrected chi connectivity index (χ4v) is 4.02. The fraction of sp³-hybridized carbons (Fsp3) is 0.348. The lowest BCUT2D eigenvalue weighted by molar-refractivity contribution is 0.108. The lowest BCUT2D eigenvalue weighted by Gasteiger charge is -2.21. The van der Waals surface area contributed by atoms with E-state index in [2.05, 4.69) is 10.6 Å². The lowest BCUT2D eigenvalue weighted by Crippen LogP contribution is -2.39. The molecule has 0 amide bonds. The molecule has 158 valence electrons. The Bertz CT molecular complexity index is 1010. The SMILES string of the molecule is CCOc1cc(NC[C@H]2OCC[C@@H]2NCc2ccc(Cl)c(Cl)c2)nc2ccccc12. The third kappa shape index (κ3) is 4.98. The summed E-state index contributed by atoms with van der Waals surface area (Å²) in [5.41, 5.74) is 2.01. The van der Waals surface area contributed by atoms with Crippen LogP contribution in [0.4, 0.5) is 5.82 Å². The van der Waals surface area contributed by atoms with Gasteiger partial charge in [0.1, 0.15) is 11.6 Å². The van der Waals surface area contributed by atoms with Crippen molar-refractivity contribution in [1.29, 1.82) is 0 Å². The summed E-state index contributed by atoms with van der Waals surface area (Å²) in [7, 11) is 0. The molecule has 0 aliphatic carbocycles. The number of fused-ring (bicyclic) bond motifs is 1. The second-order valence-electron chi connectivity index (χ2n) is 7.27. The van der Waals surface area contributed by atoms with Gasteiger partial charge in [-0.3, -0.25) is 0 Å². The molecule has 4 rings (SSSR count). The van der Waals surface area contributed by atoms with E-state index in [1.807, 2.05) is 55.5 Å². The van der Waals surface area contributed by atoms with Crippen LogP contribution >= 0.6 is 23.2 Å². The maximum absolute atomic E-state index is 6.12. The van der Waals surface area contributed by atoms with Gasteiger partial charge in [-0.25, -0.2) is 4.98 Å². The number of hydrogen-bond acceptors (Lipinski definition) is 5. The molecule has 0 spiro atoms. The van der Waals surface area contributed by atoms with Crippen LogP contribution in [0.15, 0.2) is 48.5 Å². The average Bonchev–Trinajstić information content (AvgIpc) is 3.21. The fourth-order valence-electron chi connectivity index (χ4n) is 3.70. The van der Waals surface area contributed by atoms with Gasteiger partial charge in [0.05, 0.1) is 28.3 Å². The van der Waals surface area contributed by atoms with Crippen LogP contribution in [-0.2, 0) is 11.3 Å². The molecule has 2 heterocycles. The Morgan fingerprint density at radius 1 is 1.13 bits per heavy atom.